The van der Waals surface area contributed by atoms with Gasteiger partial charge in [-0.15, -0.1) is 11.8 Å². The Morgan fingerprint density at radius 1 is 1.11 bits per heavy atom. The molecule has 0 heterocycles. The fourth-order valence-corrected chi connectivity index (χ4v) is 3.45. The lowest BCUT2D eigenvalue weighted by Gasteiger charge is -2.08. The highest BCUT2D eigenvalue weighted by molar-refractivity contribution is 9.10. The van der Waals surface area contributed by atoms with E-state index in [9.17, 15) is 4.39 Å². The number of hydrogen-bond donors (Lipinski definition) is 0. The van der Waals surface area contributed by atoms with E-state index in [-0.39, 0.29) is 5.82 Å². The first kappa shape index (κ1) is 13.6. The van der Waals surface area contributed by atoms with Crippen LogP contribution in [0.25, 0.3) is 0 Å². The second kappa shape index (κ2) is 5.89. The highest BCUT2D eigenvalue weighted by Gasteiger charge is 2.04. The van der Waals surface area contributed by atoms with Crippen molar-refractivity contribution in [2.24, 2.45) is 0 Å². The third kappa shape index (κ3) is 3.36. The molecule has 0 aromatic heterocycles. The standard InChI is InChI=1S/C15H14BrFS/c1-10-3-6-15(11(2)7-10)18-9-12-4-5-13(17)8-14(12)16/h3-8H,9H2,1-2H3. The molecule has 18 heavy (non-hydrogen) atoms. The van der Waals surface area contributed by atoms with Crippen LogP contribution in [0.4, 0.5) is 4.39 Å². The molecule has 0 N–H and O–H groups in total. The van der Waals surface area contributed by atoms with Crippen LogP contribution in [0.2, 0.25) is 0 Å². The summed E-state index contributed by atoms with van der Waals surface area (Å²) in [7, 11) is 0. The molecule has 0 nitrogen and oxygen atoms in total. The second-order valence-corrected chi connectivity index (χ2v) is 6.16. The Morgan fingerprint density at radius 3 is 2.56 bits per heavy atom. The quantitative estimate of drug-likeness (QED) is 0.672. The predicted molar refractivity (Wildman–Crippen MR) is 79.6 cm³/mol. The van der Waals surface area contributed by atoms with Crippen LogP contribution < -0.4 is 0 Å². The molecule has 0 atom stereocenters. The van der Waals surface area contributed by atoms with Gasteiger partial charge < -0.3 is 0 Å². The van der Waals surface area contributed by atoms with E-state index in [0.717, 1.165) is 15.8 Å². The molecule has 0 radical (unpaired) electrons. The molecule has 94 valence electrons. The predicted octanol–water partition coefficient (Wildman–Crippen LogP) is 5.50. The molecular weight excluding hydrogens is 311 g/mol. The van der Waals surface area contributed by atoms with E-state index in [1.807, 2.05) is 6.07 Å². The van der Waals surface area contributed by atoms with E-state index < -0.39 is 0 Å². The fraction of sp³-hybridized carbons (Fsp3) is 0.200. The zero-order valence-corrected chi connectivity index (χ0v) is 12.7. The van der Waals surface area contributed by atoms with Gasteiger partial charge in [0, 0.05) is 15.1 Å². The maximum absolute atomic E-state index is 13.0. The fourth-order valence-electron chi connectivity index (χ4n) is 1.76. The molecule has 0 aliphatic rings. The number of rotatable bonds is 3. The molecule has 2 aromatic rings. The van der Waals surface area contributed by atoms with Crippen molar-refractivity contribution in [3.8, 4) is 0 Å². The summed E-state index contributed by atoms with van der Waals surface area (Å²) in [4.78, 5) is 1.27. The number of halogens is 2. The van der Waals surface area contributed by atoms with Gasteiger partial charge in [-0.25, -0.2) is 4.39 Å². The zero-order valence-electron chi connectivity index (χ0n) is 10.3. The lowest BCUT2D eigenvalue weighted by molar-refractivity contribution is 0.626. The van der Waals surface area contributed by atoms with Gasteiger partial charge in [-0.3, -0.25) is 0 Å². The summed E-state index contributed by atoms with van der Waals surface area (Å²) in [6.45, 7) is 4.22. The summed E-state index contributed by atoms with van der Waals surface area (Å²) < 4.78 is 13.8. The molecule has 2 rings (SSSR count). The average molecular weight is 325 g/mol. The minimum atomic E-state index is -0.206. The SMILES string of the molecule is Cc1ccc(SCc2ccc(F)cc2Br)c(C)c1. The molecule has 0 spiro atoms. The van der Waals surface area contributed by atoms with Crippen molar-refractivity contribution in [3.63, 3.8) is 0 Å². The third-order valence-corrected chi connectivity index (χ3v) is 4.69. The first-order chi connectivity index (χ1) is 8.56. The van der Waals surface area contributed by atoms with Crippen molar-refractivity contribution >= 4 is 27.7 Å². The van der Waals surface area contributed by atoms with Crippen molar-refractivity contribution in [2.45, 2.75) is 24.5 Å². The minimum Gasteiger partial charge on any atom is -0.207 e. The van der Waals surface area contributed by atoms with Crippen LogP contribution in [0.1, 0.15) is 16.7 Å². The van der Waals surface area contributed by atoms with Crippen LogP contribution >= 0.6 is 27.7 Å². The number of aryl methyl sites for hydroxylation is 2. The van der Waals surface area contributed by atoms with Crippen LogP contribution in [-0.4, -0.2) is 0 Å². The smallest absolute Gasteiger partial charge is 0.124 e. The molecule has 0 aliphatic carbocycles. The van der Waals surface area contributed by atoms with E-state index >= 15 is 0 Å². The van der Waals surface area contributed by atoms with Gasteiger partial charge in [-0.2, -0.15) is 0 Å². The highest BCUT2D eigenvalue weighted by Crippen LogP contribution is 2.29. The van der Waals surface area contributed by atoms with Gasteiger partial charge in [0.25, 0.3) is 0 Å². The lowest BCUT2D eigenvalue weighted by atomic mass is 10.2. The van der Waals surface area contributed by atoms with E-state index in [0.29, 0.717) is 0 Å². The van der Waals surface area contributed by atoms with Gasteiger partial charge in [-0.1, -0.05) is 39.7 Å². The minimum absolute atomic E-state index is 0.206. The number of thioether (sulfide) groups is 1. The Hall–Kier alpha value is -0.800. The van der Waals surface area contributed by atoms with Crippen LogP contribution in [0.15, 0.2) is 45.8 Å². The molecule has 2 aromatic carbocycles. The summed E-state index contributed by atoms with van der Waals surface area (Å²) in [5.41, 5.74) is 3.68. The molecule has 0 fully saturated rings. The van der Waals surface area contributed by atoms with E-state index in [1.54, 1.807) is 11.8 Å². The lowest BCUT2D eigenvalue weighted by Crippen LogP contribution is -1.87. The topological polar surface area (TPSA) is 0 Å². The van der Waals surface area contributed by atoms with Crippen LogP contribution in [0.3, 0.4) is 0 Å². The molecule has 0 saturated carbocycles. The van der Waals surface area contributed by atoms with E-state index in [4.69, 9.17) is 0 Å². The number of hydrogen-bond acceptors (Lipinski definition) is 1. The maximum atomic E-state index is 13.0. The summed E-state index contributed by atoms with van der Waals surface area (Å²) in [6.07, 6.45) is 0. The van der Waals surface area contributed by atoms with E-state index in [1.165, 1.54) is 28.2 Å². The Bertz CT molecular complexity index is 515. The first-order valence-corrected chi connectivity index (χ1v) is 7.48. The van der Waals surface area contributed by atoms with Crippen LogP contribution in [0.5, 0.6) is 0 Å². The Kier molecular flexibility index (Phi) is 4.46. The van der Waals surface area contributed by atoms with Crippen LogP contribution in [-0.2, 0) is 5.75 Å². The Labute approximate surface area is 120 Å². The number of benzene rings is 2. The molecule has 0 unspecified atom stereocenters. The van der Waals surface area contributed by atoms with Crippen molar-refractivity contribution in [1.82, 2.24) is 0 Å². The summed E-state index contributed by atoms with van der Waals surface area (Å²) >= 11 is 5.17. The maximum Gasteiger partial charge on any atom is 0.124 e. The van der Waals surface area contributed by atoms with Crippen molar-refractivity contribution in [3.05, 3.63) is 63.4 Å². The van der Waals surface area contributed by atoms with Gasteiger partial charge in [0.15, 0.2) is 0 Å². The molecule has 0 aliphatic heterocycles. The van der Waals surface area contributed by atoms with Gasteiger partial charge in [0.1, 0.15) is 5.82 Å². The van der Waals surface area contributed by atoms with Gasteiger partial charge in [-0.05, 0) is 43.2 Å². The van der Waals surface area contributed by atoms with E-state index in [2.05, 4.69) is 48.0 Å². The molecule has 0 saturated heterocycles. The van der Waals surface area contributed by atoms with Gasteiger partial charge in [0.05, 0.1) is 0 Å². The average Bonchev–Trinajstić information content (AvgIpc) is 2.30. The Balaban J connectivity index is 2.11. The van der Waals surface area contributed by atoms with Crippen molar-refractivity contribution < 1.29 is 4.39 Å². The van der Waals surface area contributed by atoms with Crippen molar-refractivity contribution in [1.29, 1.82) is 0 Å². The summed E-state index contributed by atoms with van der Waals surface area (Å²) in [6, 6.07) is 11.3. The first-order valence-electron chi connectivity index (χ1n) is 5.70. The molecular formula is C15H14BrFS. The summed E-state index contributed by atoms with van der Waals surface area (Å²) in [5.74, 6) is 0.632. The van der Waals surface area contributed by atoms with Crippen LogP contribution in [0, 0.1) is 19.7 Å². The molecule has 0 bridgehead atoms. The molecule has 0 amide bonds. The van der Waals surface area contributed by atoms with Crippen molar-refractivity contribution in [2.75, 3.05) is 0 Å². The largest absolute Gasteiger partial charge is 0.207 e. The zero-order chi connectivity index (χ0) is 13.1. The van der Waals surface area contributed by atoms with Gasteiger partial charge in [0.2, 0.25) is 0 Å². The Morgan fingerprint density at radius 2 is 1.89 bits per heavy atom. The summed E-state index contributed by atoms with van der Waals surface area (Å²) in [5, 5.41) is 0. The molecule has 3 heteroatoms. The normalized spacial score (nSPS) is 10.7. The second-order valence-electron chi connectivity index (χ2n) is 4.29. The van der Waals surface area contributed by atoms with Gasteiger partial charge >= 0.3 is 0 Å². The highest BCUT2D eigenvalue weighted by atomic mass is 79.9. The third-order valence-electron chi connectivity index (χ3n) is 2.73. The monoisotopic (exact) mass is 324 g/mol.